The number of benzene rings is 2. The summed E-state index contributed by atoms with van der Waals surface area (Å²) in [5, 5.41) is 12.1. The van der Waals surface area contributed by atoms with Crippen LogP contribution in [0.25, 0.3) is 27.5 Å². The first-order valence-corrected chi connectivity index (χ1v) is 12.7. The van der Waals surface area contributed by atoms with Crippen molar-refractivity contribution in [1.82, 2.24) is 20.0 Å². The number of nitrogens with zero attached hydrogens (tertiary/aromatic N) is 4. The lowest BCUT2D eigenvalue weighted by Gasteiger charge is -2.56. The second-order valence-electron chi connectivity index (χ2n) is 10.2. The lowest BCUT2D eigenvalue weighted by Crippen LogP contribution is -2.49. The molecule has 0 saturated heterocycles. The number of thiazole rings is 1. The average Bonchev–Trinajstić information content (AvgIpc) is 3.50. The molecule has 32 heavy (non-hydrogen) atoms. The minimum atomic E-state index is 0.288. The van der Waals surface area contributed by atoms with Crippen molar-refractivity contribution in [1.29, 1.82) is 0 Å². The molecule has 160 valence electrons. The zero-order chi connectivity index (χ0) is 21.1. The Balaban J connectivity index is 1.19. The maximum absolute atomic E-state index is 4.87. The van der Waals surface area contributed by atoms with Crippen LogP contribution in [0.5, 0.6) is 0 Å². The maximum Gasteiger partial charge on any atom is 0.124 e. The Kier molecular flexibility index (Phi) is 4.16. The molecule has 0 radical (unpaired) electrons. The van der Waals surface area contributed by atoms with Crippen molar-refractivity contribution in [2.75, 3.05) is 0 Å². The highest BCUT2D eigenvalue weighted by atomic mass is 32.1. The van der Waals surface area contributed by atoms with E-state index < -0.39 is 0 Å². The molecule has 4 nitrogen and oxygen atoms in total. The van der Waals surface area contributed by atoms with Crippen LogP contribution in [0.4, 0.5) is 0 Å². The fourth-order valence-electron chi connectivity index (χ4n) is 7.10. The van der Waals surface area contributed by atoms with Gasteiger partial charge in [0.1, 0.15) is 5.01 Å². The SMILES string of the molecule is c1ccc(-c2nc(-c3ccc(-n4nncc4C45CC6CC(CC(C6)C4)C5)cc3)cs2)cc1. The first-order chi connectivity index (χ1) is 15.8. The van der Waals surface area contributed by atoms with Gasteiger partial charge in [-0.2, -0.15) is 0 Å². The van der Waals surface area contributed by atoms with Crippen molar-refractivity contribution in [2.24, 2.45) is 17.8 Å². The normalized spacial score (nSPS) is 28.3. The van der Waals surface area contributed by atoms with Gasteiger partial charge in [-0.25, -0.2) is 9.67 Å². The summed E-state index contributed by atoms with van der Waals surface area (Å²) < 4.78 is 2.12. The van der Waals surface area contributed by atoms with Crippen LogP contribution in [0.2, 0.25) is 0 Å². The van der Waals surface area contributed by atoms with Gasteiger partial charge in [0.25, 0.3) is 0 Å². The Hall–Kier alpha value is -2.79. The number of hydrogen-bond donors (Lipinski definition) is 0. The van der Waals surface area contributed by atoms with Crippen LogP contribution in [-0.4, -0.2) is 20.0 Å². The fraction of sp³-hybridized carbons (Fsp3) is 0.370. The van der Waals surface area contributed by atoms with E-state index in [0.29, 0.717) is 0 Å². The first-order valence-electron chi connectivity index (χ1n) is 11.8. The number of rotatable bonds is 4. The summed E-state index contributed by atoms with van der Waals surface area (Å²) in [4.78, 5) is 4.87. The third-order valence-corrected chi connectivity index (χ3v) is 8.95. The first kappa shape index (κ1) is 18.8. The minimum Gasteiger partial charge on any atom is -0.236 e. The molecule has 2 aromatic carbocycles. The molecular formula is C27H26N4S. The molecule has 0 unspecified atom stereocenters. The van der Waals surface area contributed by atoms with E-state index in [9.17, 15) is 0 Å². The molecule has 0 aliphatic heterocycles. The van der Waals surface area contributed by atoms with Crippen molar-refractivity contribution in [3.8, 4) is 27.5 Å². The Labute approximate surface area is 192 Å². The van der Waals surface area contributed by atoms with E-state index >= 15 is 0 Å². The zero-order valence-corrected chi connectivity index (χ0v) is 18.8. The molecule has 5 heteroatoms. The largest absolute Gasteiger partial charge is 0.236 e. The van der Waals surface area contributed by atoms with Crippen LogP contribution in [-0.2, 0) is 5.41 Å². The Morgan fingerprint density at radius 3 is 2.19 bits per heavy atom. The number of aromatic nitrogens is 4. The van der Waals surface area contributed by atoms with E-state index in [1.165, 1.54) is 49.8 Å². The minimum absolute atomic E-state index is 0.288. The van der Waals surface area contributed by atoms with Crippen LogP contribution < -0.4 is 0 Å². The van der Waals surface area contributed by atoms with E-state index in [1.807, 2.05) is 12.3 Å². The Bertz CT molecular complexity index is 1220. The topological polar surface area (TPSA) is 43.6 Å². The molecule has 8 rings (SSSR count). The van der Waals surface area contributed by atoms with Crippen LogP contribution in [0.1, 0.15) is 44.2 Å². The highest BCUT2D eigenvalue weighted by molar-refractivity contribution is 7.13. The van der Waals surface area contributed by atoms with E-state index in [-0.39, 0.29) is 5.41 Å². The van der Waals surface area contributed by atoms with Gasteiger partial charge in [0.15, 0.2) is 0 Å². The van der Waals surface area contributed by atoms with E-state index in [1.54, 1.807) is 11.3 Å². The van der Waals surface area contributed by atoms with Crippen molar-refractivity contribution in [3.63, 3.8) is 0 Å². The average molecular weight is 439 g/mol. The summed E-state index contributed by atoms with van der Waals surface area (Å²) in [6, 6.07) is 19.1. The van der Waals surface area contributed by atoms with Gasteiger partial charge in [0.2, 0.25) is 0 Å². The van der Waals surface area contributed by atoms with Crippen LogP contribution >= 0.6 is 11.3 Å². The molecular weight excluding hydrogens is 412 g/mol. The van der Waals surface area contributed by atoms with Gasteiger partial charge in [-0.3, -0.25) is 0 Å². The molecule has 4 aromatic rings. The van der Waals surface area contributed by atoms with E-state index in [0.717, 1.165) is 39.7 Å². The van der Waals surface area contributed by atoms with Gasteiger partial charge < -0.3 is 0 Å². The smallest absolute Gasteiger partial charge is 0.124 e. The molecule has 2 heterocycles. The van der Waals surface area contributed by atoms with E-state index in [2.05, 4.69) is 68.9 Å². The molecule has 0 N–H and O–H groups in total. The summed E-state index contributed by atoms with van der Waals surface area (Å²) in [6.45, 7) is 0. The van der Waals surface area contributed by atoms with Crippen molar-refractivity contribution < 1.29 is 0 Å². The predicted molar refractivity (Wildman–Crippen MR) is 128 cm³/mol. The van der Waals surface area contributed by atoms with Crippen molar-refractivity contribution >= 4 is 11.3 Å². The third-order valence-electron chi connectivity index (χ3n) is 8.06. The van der Waals surface area contributed by atoms with Gasteiger partial charge in [-0.15, -0.1) is 16.4 Å². The molecule has 4 aliphatic rings. The summed E-state index contributed by atoms with van der Waals surface area (Å²) >= 11 is 1.70. The van der Waals surface area contributed by atoms with Gasteiger partial charge >= 0.3 is 0 Å². The monoisotopic (exact) mass is 438 g/mol. The Morgan fingerprint density at radius 1 is 0.812 bits per heavy atom. The molecule has 4 bridgehead atoms. The lowest BCUT2D eigenvalue weighted by molar-refractivity contribution is -0.00827. The quantitative estimate of drug-likeness (QED) is 0.364. The summed E-state index contributed by atoms with van der Waals surface area (Å²) in [7, 11) is 0. The molecule has 2 aromatic heterocycles. The fourth-order valence-corrected chi connectivity index (χ4v) is 7.94. The van der Waals surface area contributed by atoms with Gasteiger partial charge in [0, 0.05) is 21.9 Å². The van der Waals surface area contributed by atoms with Crippen LogP contribution in [0.3, 0.4) is 0 Å². The second kappa shape index (κ2) is 7.11. The molecule has 0 spiro atoms. The molecule has 4 fully saturated rings. The zero-order valence-electron chi connectivity index (χ0n) is 18.0. The summed E-state index contributed by atoms with van der Waals surface area (Å²) in [5.41, 5.74) is 6.07. The van der Waals surface area contributed by atoms with Gasteiger partial charge in [-0.05, 0) is 68.4 Å². The molecule has 4 aliphatic carbocycles. The maximum atomic E-state index is 4.87. The van der Waals surface area contributed by atoms with Crippen LogP contribution in [0.15, 0.2) is 66.2 Å². The van der Waals surface area contributed by atoms with E-state index in [4.69, 9.17) is 4.98 Å². The van der Waals surface area contributed by atoms with Gasteiger partial charge in [-0.1, -0.05) is 47.7 Å². The lowest BCUT2D eigenvalue weighted by atomic mass is 9.49. The predicted octanol–water partition coefficient (Wildman–Crippen LogP) is 6.53. The Morgan fingerprint density at radius 2 is 1.50 bits per heavy atom. The third kappa shape index (κ3) is 2.98. The summed E-state index contributed by atoms with van der Waals surface area (Å²) in [6.07, 6.45) is 10.4. The highest BCUT2D eigenvalue weighted by Gasteiger charge is 2.53. The number of hydrogen-bond acceptors (Lipinski definition) is 4. The van der Waals surface area contributed by atoms with Gasteiger partial charge in [0.05, 0.1) is 23.3 Å². The van der Waals surface area contributed by atoms with Crippen molar-refractivity contribution in [3.05, 3.63) is 71.9 Å². The molecule has 0 atom stereocenters. The second-order valence-corrected chi connectivity index (χ2v) is 11.0. The molecule has 0 amide bonds. The van der Waals surface area contributed by atoms with Crippen LogP contribution in [0, 0.1) is 17.8 Å². The van der Waals surface area contributed by atoms with Crippen molar-refractivity contribution in [2.45, 2.75) is 43.9 Å². The standard InChI is InChI=1S/C27H26N4S/c1-2-4-22(5-3-1)26-29-24(17-32-26)21-6-8-23(9-7-21)31-25(16-28-30-31)27-13-18-10-19(14-27)12-20(11-18)15-27/h1-9,16-20H,10-15H2. The molecule has 4 saturated carbocycles. The highest BCUT2D eigenvalue weighted by Crippen LogP contribution is 2.60. The summed E-state index contributed by atoms with van der Waals surface area (Å²) in [5.74, 6) is 2.74.